The van der Waals surface area contributed by atoms with E-state index in [0.717, 1.165) is 17.7 Å². The van der Waals surface area contributed by atoms with E-state index in [4.69, 9.17) is 4.74 Å². The lowest BCUT2D eigenvalue weighted by Gasteiger charge is -2.18. The number of alkyl halides is 3. The summed E-state index contributed by atoms with van der Waals surface area (Å²) >= 11 is 0. The first kappa shape index (κ1) is 17.1. The Balaban J connectivity index is 0.000000924. The fraction of sp³-hybridized carbons (Fsp3) is 0.278. The van der Waals surface area contributed by atoms with Crippen LogP contribution >= 0.6 is 0 Å². The fourth-order valence-corrected chi connectivity index (χ4v) is 2.15. The van der Waals surface area contributed by atoms with E-state index < -0.39 is 11.7 Å². The normalized spacial score (nSPS) is 13.2. The van der Waals surface area contributed by atoms with E-state index in [2.05, 4.69) is 4.99 Å². The molecule has 0 saturated carbocycles. The van der Waals surface area contributed by atoms with E-state index in [9.17, 15) is 13.2 Å². The molecule has 0 bridgehead atoms. The molecule has 0 unspecified atom stereocenters. The fourth-order valence-electron chi connectivity index (χ4n) is 2.15. The van der Waals surface area contributed by atoms with E-state index in [-0.39, 0.29) is 6.61 Å². The molecule has 0 atom stereocenters. The molecule has 0 aromatic heterocycles. The van der Waals surface area contributed by atoms with Crippen LogP contribution in [0.1, 0.15) is 30.5 Å². The highest BCUT2D eigenvalue weighted by molar-refractivity contribution is 6.04. The predicted octanol–water partition coefficient (Wildman–Crippen LogP) is 5.55. The molecular formula is C18H18F3NO. The standard InChI is InChI=1S/C16H12F3NO.C2H6/c1-10-2-7-13-15(8-10)21-9-14(20-13)11-3-5-12(6-4-11)16(17,18)19;1-2/h2-8H,9H2,1H3;1-2H3. The van der Waals surface area contributed by atoms with Gasteiger partial charge in [0.25, 0.3) is 0 Å². The lowest BCUT2D eigenvalue weighted by molar-refractivity contribution is -0.137. The number of fused-ring (bicyclic) bond motifs is 1. The van der Waals surface area contributed by atoms with Gasteiger partial charge in [-0.2, -0.15) is 13.2 Å². The van der Waals surface area contributed by atoms with Crippen molar-refractivity contribution < 1.29 is 17.9 Å². The first-order valence-corrected chi connectivity index (χ1v) is 7.42. The van der Waals surface area contributed by atoms with Gasteiger partial charge in [0, 0.05) is 0 Å². The number of benzene rings is 2. The van der Waals surface area contributed by atoms with E-state index in [1.54, 1.807) is 0 Å². The molecule has 0 N–H and O–H groups in total. The zero-order chi connectivity index (χ0) is 17.0. The minimum Gasteiger partial charge on any atom is -0.485 e. The summed E-state index contributed by atoms with van der Waals surface area (Å²) in [6.45, 7) is 6.21. The summed E-state index contributed by atoms with van der Waals surface area (Å²) < 4.78 is 43.2. The van der Waals surface area contributed by atoms with Crippen LogP contribution in [0.15, 0.2) is 47.5 Å². The third-order valence-corrected chi connectivity index (χ3v) is 3.28. The quantitative estimate of drug-likeness (QED) is 0.674. The molecule has 0 radical (unpaired) electrons. The Labute approximate surface area is 133 Å². The maximum Gasteiger partial charge on any atom is 0.416 e. The molecule has 2 nitrogen and oxygen atoms in total. The average Bonchev–Trinajstić information content (AvgIpc) is 2.55. The van der Waals surface area contributed by atoms with Gasteiger partial charge >= 0.3 is 6.18 Å². The van der Waals surface area contributed by atoms with Gasteiger partial charge in [0.05, 0.1) is 11.3 Å². The van der Waals surface area contributed by atoms with Gasteiger partial charge < -0.3 is 4.74 Å². The molecule has 1 aliphatic heterocycles. The zero-order valence-electron chi connectivity index (χ0n) is 13.2. The Kier molecular flexibility index (Phi) is 5.08. The maximum atomic E-state index is 12.5. The minimum atomic E-state index is -4.33. The van der Waals surface area contributed by atoms with Crippen LogP contribution in [0.2, 0.25) is 0 Å². The first-order chi connectivity index (χ1) is 10.9. The Morgan fingerprint density at radius 3 is 2.26 bits per heavy atom. The van der Waals surface area contributed by atoms with Crippen LogP contribution in [0, 0.1) is 6.92 Å². The first-order valence-electron chi connectivity index (χ1n) is 7.42. The number of hydrogen-bond donors (Lipinski definition) is 0. The summed E-state index contributed by atoms with van der Waals surface area (Å²) in [5, 5.41) is 0. The molecule has 1 heterocycles. The van der Waals surface area contributed by atoms with Crippen LogP contribution in [0.25, 0.3) is 0 Å². The molecule has 1 aliphatic rings. The zero-order valence-corrected chi connectivity index (χ0v) is 13.2. The molecule has 3 rings (SSSR count). The van der Waals surface area contributed by atoms with Gasteiger partial charge in [-0.15, -0.1) is 0 Å². The molecule has 122 valence electrons. The van der Waals surface area contributed by atoms with Crippen molar-refractivity contribution in [2.45, 2.75) is 26.9 Å². The number of ether oxygens (including phenoxy) is 1. The van der Waals surface area contributed by atoms with Crippen LogP contribution in [0.3, 0.4) is 0 Å². The summed E-state index contributed by atoms with van der Waals surface area (Å²) in [4.78, 5) is 4.46. The number of rotatable bonds is 1. The number of nitrogens with zero attached hydrogens (tertiary/aromatic N) is 1. The second kappa shape index (κ2) is 6.86. The van der Waals surface area contributed by atoms with Crippen molar-refractivity contribution in [1.82, 2.24) is 0 Å². The summed E-state index contributed by atoms with van der Waals surface area (Å²) in [6, 6.07) is 10.6. The Bertz CT molecular complexity index is 703. The van der Waals surface area contributed by atoms with Gasteiger partial charge in [0.2, 0.25) is 0 Å². The topological polar surface area (TPSA) is 21.6 Å². The highest BCUT2D eigenvalue weighted by Gasteiger charge is 2.30. The summed E-state index contributed by atoms with van der Waals surface area (Å²) in [5.74, 6) is 0.700. The van der Waals surface area contributed by atoms with E-state index in [0.29, 0.717) is 22.7 Å². The highest BCUT2D eigenvalue weighted by Crippen LogP contribution is 2.33. The monoisotopic (exact) mass is 321 g/mol. The number of halogens is 3. The molecule has 2 aromatic rings. The van der Waals surface area contributed by atoms with E-state index in [1.807, 2.05) is 39.0 Å². The number of aryl methyl sites for hydroxylation is 1. The van der Waals surface area contributed by atoms with Crippen molar-refractivity contribution >= 4 is 11.4 Å². The van der Waals surface area contributed by atoms with Crippen LogP contribution < -0.4 is 4.74 Å². The number of hydrogen-bond acceptors (Lipinski definition) is 2. The molecule has 0 spiro atoms. The molecule has 0 aliphatic carbocycles. The average molecular weight is 321 g/mol. The summed E-state index contributed by atoms with van der Waals surface area (Å²) in [6.07, 6.45) is -4.33. The van der Waals surface area contributed by atoms with Crippen molar-refractivity contribution in [2.75, 3.05) is 6.61 Å². The SMILES string of the molecule is CC.Cc1ccc2c(c1)OCC(c1ccc(C(F)(F)F)cc1)=N2. The Morgan fingerprint density at radius 1 is 1.00 bits per heavy atom. The van der Waals surface area contributed by atoms with Gasteiger partial charge in [-0.05, 0) is 42.3 Å². The van der Waals surface area contributed by atoms with Gasteiger partial charge in [0.15, 0.2) is 0 Å². The van der Waals surface area contributed by atoms with Gasteiger partial charge in [-0.25, -0.2) is 4.99 Å². The molecule has 2 aromatic carbocycles. The van der Waals surface area contributed by atoms with Gasteiger partial charge in [-0.1, -0.05) is 32.0 Å². The molecule has 0 fully saturated rings. The number of aliphatic imine (C=N–C) groups is 1. The highest BCUT2D eigenvalue weighted by atomic mass is 19.4. The Hall–Kier alpha value is -2.30. The lowest BCUT2D eigenvalue weighted by Crippen LogP contribution is -2.16. The molecular weight excluding hydrogens is 303 g/mol. The third-order valence-electron chi connectivity index (χ3n) is 3.28. The van der Waals surface area contributed by atoms with Crippen LogP contribution in [0.4, 0.5) is 18.9 Å². The van der Waals surface area contributed by atoms with Crippen LogP contribution in [0.5, 0.6) is 5.75 Å². The van der Waals surface area contributed by atoms with E-state index in [1.165, 1.54) is 12.1 Å². The maximum absolute atomic E-state index is 12.5. The second-order valence-electron chi connectivity index (χ2n) is 4.89. The van der Waals surface area contributed by atoms with Crippen LogP contribution in [-0.4, -0.2) is 12.3 Å². The second-order valence-corrected chi connectivity index (χ2v) is 4.89. The van der Waals surface area contributed by atoms with Crippen molar-refractivity contribution in [3.05, 3.63) is 59.2 Å². The van der Waals surface area contributed by atoms with Crippen molar-refractivity contribution in [3.8, 4) is 5.75 Å². The van der Waals surface area contributed by atoms with Crippen molar-refractivity contribution in [1.29, 1.82) is 0 Å². The minimum absolute atomic E-state index is 0.252. The summed E-state index contributed by atoms with van der Waals surface area (Å²) in [7, 11) is 0. The molecule has 5 heteroatoms. The van der Waals surface area contributed by atoms with Crippen LogP contribution in [-0.2, 0) is 6.18 Å². The third kappa shape index (κ3) is 3.92. The van der Waals surface area contributed by atoms with Gasteiger partial charge in [0.1, 0.15) is 18.0 Å². The van der Waals surface area contributed by atoms with Gasteiger partial charge in [-0.3, -0.25) is 0 Å². The predicted molar refractivity (Wildman–Crippen MR) is 85.7 cm³/mol. The molecule has 0 amide bonds. The molecule has 0 saturated heterocycles. The van der Waals surface area contributed by atoms with Crippen molar-refractivity contribution in [2.24, 2.45) is 4.99 Å². The largest absolute Gasteiger partial charge is 0.485 e. The van der Waals surface area contributed by atoms with E-state index >= 15 is 0 Å². The molecule has 23 heavy (non-hydrogen) atoms. The van der Waals surface area contributed by atoms with Crippen molar-refractivity contribution in [3.63, 3.8) is 0 Å². The lowest BCUT2D eigenvalue weighted by atomic mass is 10.1. The smallest absolute Gasteiger partial charge is 0.416 e. The Morgan fingerprint density at radius 2 is 1.65 bits per heavy atom. The summed E-state index contributed by atoms with van der Waals surface area (Å²) in [5.41, 5.74) is 2.36.